The van der Waals surface area contributed by atoms with E-state index in [0.717, 1.165) is 67.8 Å². The molecular weight excluding hydrogens is 1010 g/mol. The minimum Gasteiger partial charge on any atom is -0.409 e. The lowest BCUT2D eigenvalue weighted by Gasteiger charge is -2.42. The lowest BCUT2D eigenvalue weighted by molar-refractivity contribution is -0.144. The van der Waals surface area contributed by atoms with Gasteiger partial charge in [0.25, 0.3) is 11.8 Å². The summed E-state index contributed by atoms with van der Waals surface area (Å²) in [6.45, 7) is 15.8. The topological polar surface area (TPSA) is 267 Å². The molecule has 0 spiro atoms. The maximum Gasteiger partial charge on any atom is 0.254 e. The van der Waals surface area contributed by atoms with E-state index in [9.17, 15) is 19.2 Å². The number of halogens is 3. The molecule has 2 aliphatic heterocycles. The normalized spacial score (nSPS) is 16.2. The van der Waals surface area contributed by atoms with Gasteiger partial charge in [-0.2, -0.15) is 0 Å². The summed E-state index contributed by atoms with van der Waals surface area (Å²) < 4.78 is 0. The summed E-state index contributed by atoms with van der Waals surface area (Å²) in [7, 11) is 4.96. The van der Waals surface area contributed by atoms with Crippen LogP contribution in [0.2, 0.25) is 15.1 Å². The smallest absolute Gasteiger partial charge is 0.254 e. The van der Waals surface area contributed by atoms with Crippen LogP contribution < -0.4 is 16.8 Å². The van der Waals surface area contributed by atoms with Crippen molar-refractivity contribution in [2.45, 2.75) is 92.0 Å². The van der Waals surface area contributed by atoms with Crippen LogP contribution in [0.5, 0.6) is 0 Å². The second-order valence-corrected chi connectivity index (χ2v) is 19.6. The molecule has 0 aliphatic carbocycles. The molecule has 0 bridgehead atoms. The van der Waals surface area contributed by atoms with Gasteiger partial charge in [0.2, 0.25) is 11.8 Å². The Labute approximate surface area is 449 Å². The maximum absolute atomic E-state index is 12.9. The van der Waals surface area contributed by atoms with E-state index in [0.29, 0.717) is 56.6 Å². The number of aryl methyl sites for hydroxylation is 3. The second kappa shape index (κ2) is 31.5. The first-order chi connectivity index (χ1) is 35.1. The highest BCUT2D eigenvalue weighted by atomic mass is 35.5. The number of oxime groups is 4. The molecule has 2 aromatic carbocycles. The van der Waals surface area contributed by atoms with E-state index in [2.05, 4.69) is 47.6 Å². The molecule has 20 nitrogen and oxygen atoms in total. The molecule has 74 heavy (non-hydrogen) atoms. The number of rotatable bonds is 19. The van der Waals surface area contributed by atoms with Crippen molar-refractivity contribution < 1.29 is 39.3 Å². The molecule has 1 aromatic heterocycles. The monoisotopic (exact) mass is 1090 g/mol. The number of pyridine rings is 1. The van der Waals surface area contributed by atoms with E-state index in [1.165, 1.54) is 22.8 Å². The van der Waals surface area contributed by atoms with Crippen molar-refractivity contribution in [2.75, 3.05) is 73.6 Å². The zero-order chi connectivity index (χ0) is 55.1. The number of piperidine rings is 2. The molecule has 23 heteroatoms. The average Bonchev–Trinajstić information content (AvgIpc) is 3.36. The van der Waals surface area contributed by atoms with Crippen LogP contribution in [0.4, 0.5) is 0 Å². The fourth-order valence-corrected chi connectivity index (χ4v) is 8.90. The first-order valence-corrected chi connectivity index (χ1v) is 25.4. The lowest BCUT2D eigenvalue weighted by atomic mass is 9.90. The number of nitrogens with two attached hydrogens (primary N) is 2. The minimum atomic E-state index is -0.265. The number of carbonyl (C=O) groups excluding carboxylic acids is 4. The fourth-order valence-electron chi connectivity index (χ4n) is 8.31. The van der Waals surface area contributed by atoms with Crippen molar-refractivity contribution >= 4 is 81.5 Å². The summed E-state index contributed by atoms with van der Waals surface area (Å²) in [5, 5.41) is 34.5. The number of hydrogen-bond donors (Lipinski definition) is 5. The Bertz CT molecular complexity index is 2440. The predicted molar refractivity (Wildman–Crippen MR) is 291 cm³/mol. The van der Waals surface area contributed by atoms with E-state index in [1.54, 1.807) is 70.5 Å². The molecule has 2 saturated heterocycles. The van der Waals surface area contributed by atoms with Gasteiger partial charge >= 0.3 is 0 Å². The summed E-state index contributed by atoms with van der Waals surface area (Å²) in [4.78, 5) is 71.4. The van der Waals surface area contributed by atoms with Gasteiger partial charge in [0, 0.05) is 92.6 Å². The molecule has 0 radical (unpaired) electrons. The molecule has 2 unspecified atom stereocenters. The lowest BCUT2D eigenvalue weighted by Crippen LogP contribution is -2.52. The average molecular weight is 1090 g/mol. The number of nitrogens with one attached hydrogen (secondary N) is 1. The van der Waals surface area contributed by atoms with Gasteiger partial charge in [-0.05, 0) is 120 Å². The Kier molecular flexibility index (Phi) is 26.4. The van der Waals surface area contributed by atoms with Crippen molar-refractivity contribution in [3.05, 3.63) is 97.2 Å². The Morgan fingerprint density at radius 3 is 1.97 bits per heavy atom. The van der Waals surface area contributed by atoms with Crippen molar-refractivity contribution in [2.24, 2.45) is 38.0 Å². The van der Waals surface area contributed by atoms with Gasteiger partial charge in [-0.25, -0.2) is 0 Å². The zero-order valence-electron chi connectivity index (χ0n) is 43.9. The number of nitrogens with zero attached hydrogens (tertiary/aromatic N) is 9. The maximum atomic E-state index is 12.9. The SMILES string of the molecule is C/C(CN(C)C(=O)c1cc(C)nc(C)c1)=N\OC/C(N)=N\O.CCCN1CCC(N2CCCC(CC(=O)NC)C2=O)CC1.Cc1cc(Cl)cc(C(=O)N(C)C/C(=N/OC/C(N)=N\O)C(C)c2ccc(Cl)c(Cl)c2)c1. The minimum absolute atomic E-state index is 0.0204. The Balaban J connectivity index is 0.000000301. The van der Waals surface area contributed by atoms with Crippen LogP contribution in [0.15, 0.2) is 69.2 Å². The van der Waals surface area contributed by atoms with Gasteiger partial charge in [0.05, 0.1) is 34.6 Å². The molecule has 2 atom stereocenters. The number of amides is 4. The largest absolute Gasteiger partial charge is 0.409 e. The number of likely N-dealkylation sites (tertiary alicyclic amines) is 2. The van der Waals surface area contributed by atoms with Gasteiger partial charge in [-0.1, -0.05) is 75.3 Å². The molecule has 2 aliphatic rings. The summed E-state index contributed by atoms with van der Waals surface area (Å²) in [6, 6.07) is 14.3. The van der Waals surface area contributed by atoms with E-state index < -0.39 is 0 Å². The second-order valence-electron chi connectivity index (χ2n) is 18.3. The van der Waals surface area contributed by atoms with Crippen molar-refractivity contribution in [3.8, 4) is 0 Å². The van der Waals surface area contributed by atoms with E-state index in [-0.39, 0.29) is 66.9 Å². The summed E-state index contributed by atoms with van der Waals surface area (Å²) in [6.07, 6.45) is 5.60. The highest BCUT2D eigenvalue weighted by Crippen LogP contribution is 2.29. The fraction of sp³-hybridized carbons (Fsp3) is 0.510. The van der Waals surface area contributed by atoms with Crippen molar-refractivity contribution in [3.63, 3.8) is 0 Å². The third-order valence-electron chi connectivity index (χ3n) is 12.0. The molecule has 3 heterocycles. The van der Waals surface area contributed by atoms with Crippen LogP contribution in [0, 0.1) is 26.7 Å². The third-order valence-corrected chi connectivity index (χ3v) is 13.0. The molecule has 0 saturated carbocycles. The summed E-state index contributed by atoms with van der Waals surface area (Å²) in [5.74, 6) is -0.749. The number of carbonyl (C=O) groups is 4. The number of hydrogen-bond acceptors (Lipinski definition) is 14. The van der Waals surface area contributed by atoms with Crippen LogP contribution in [0.25, 0.3) is 0 Å². The zero-order valence-corrected chi connectivity index (χ0v) is 46.2. The Morgan fingerprint density at radius 2 is 1.42 bits per heavy atom. The molecule has 3 aromatic rings. The third kappa shape index (κ3) is 20.6. The van der Waals surface area contributed by atoms with E-state index >= 15 is 0 Å². The molecule has 7 N–H and O–H groups in total. The molecule has 4 amide bonds. The van der Waals surface area contributed by atoms with Crippen molar-refractivity contribution in [1.29, 1.82) is 0 Å². The van der Waals surface area contributed by atoms with Gasteiger partial charge in [-0.15, -0.1) is 0 Å². The Hall–Kier alpha value is -6.22. The number of aromatic nitrogens is 1. The van der Waals surface area contributed by atoms with E-state index in [4.69, 9.17) is 66.4 Å². The first kappa shape index (κ1) is 62.1. The molecule has 2 fully saturated rings. The highest BCUT2D eigenvalue weighted by Gasteiger charge is 2.35. The Morgan fingerprint density at radius 1 is 0.838 bits per heavy atom. The van der Waals surface area contributed by atoms with Gasteiger partial charge in [0.1, 0.15) is 0 Å². The standard InChI is InChI=1S/C21H23Cl3N4O3.C16H29N3O2.C14H21N5O3/c1-12-6-15(8-16(22)7-12)21(29)28(3)10-19(27-31-11-20(25)26-30)13(2)14-4-5-17(23)18(24)9-14;1-3-8-18-10-6-14(7-11-18)19-9-4-5-13(16(19)21)12-15(20)17-2;1-9-5-12(6-10(2)16-9)14(20)19(4)7-11(3)18-22-8-13(15)17-21/h4-9,13,30H,10-11H2,1-3H3,(H2,25,26);13-14H,3-12H2,1-2H3,(H,17,20);5-6,21H,7-8H2,1-4H3,(H2,15,17)/b27-19-;;18-11+. The predicted octanol–water partition coefficient (Wildman–Crippen LogP) is 7.09. The number of amidine groups is 2. The highest BCUT2D eigenvalue weighted by molar-refractivity contribution is 6.42. The van der Waals surface area contributed by atoms with Crippen LogP contribution in [0.3, 0.4) is 0 Å². The molecule has 406 valence electrons. The molecule has 5 rings (SSSR count). The summed E-state index contributed by atoms with van der Waals surface area (Å²) >= 11 is 18.3. The van der Waals surface area contributed by atoms with Crippen molar-refractivity contribution in [1.82, 2.24) is 29.9 Å². The van der Waals surface area contributed by atoms with Gasteiger partial charge < -0.3 is 56.5 Å². The van der Waals surface area contributed by atoms with Gasteiger partial charge in [-0.3, -0.25) is 24.2 Å². The van der Waals surface area contributed by atoms with E-state index in [1.807, 2.05) is 33.8 Å². The number of benzene rings is 2. The van der Waals surface area contributed by atoms with Crippen LogP contribution >= 0.6 is 34.8 Å². The van der Waals surface area contributed by atoms with Crippen LogP contribution in [0.1, 0.15) is 108 Å². The molecular formula is C51H73Cl3N12O8. The van der Waals surface area contributed by atoms with Crippen LogP contribution in [-0.2, 0) is 19.3 Å². The van der Waals surface area contributed by atoms with Crippen LogP contribution in [-0.4, -0.2) is 161 Å². The quantitative estimate of drug-likeness (QED) is 0.0349. The summed E-state index contributed by atoms with van der Waals surface area (Å²) in [5.41, 5.74) is 16.1. The first-order valence-electron chi connectivity index (χ1n) is 24.3. The van der Waals surface area contributed by atoms with Gasteiger partial charge in [0.15, 0.2) is 24.9 Å².